The topological polar surface area (TPSA) is 107 Å². The molecule has 4 aromatic rings. The zero-order valence-corrected chi connectivity index (χ0v) is 28.2. The van der Waals surface area contributed by atoms with E-state index in [2.05, 4.69) is 5.43 Å². The summed E-state index contributed by atoms with van der Waals surface area (Å²) in [6.45, 7) is 1.84. The molecule has 6 atom stereocenters. The number of hydrogen-bond donors (Lipinski definition) is 2. The van der Waals surface area contributed by atoms with E-state index in [0.29, 0.717) is 32.5 Å². The van der Waals surface area contributed by atoms with E-state index in [1.807, 2.05) is 13.0 Å². The lowest BCUT2D eigenvalue weighted by molar-refractivity contribution is -0.138. The maximum absolute atomic E-state index is 15.1. The summed E-state index contributed by atoms with van der Waals surface area (Å²) in [6, 6.07) is 23.7. The van der Waals surface area contributed by atoms with Crippen molar-refractivity contribution in [3.05, 3.63) is 135 Å². The van der Waals surface area contributed by atoms with Crippen LogP contribution in [0.3, 0.4) is 0 Å². The van der Waals surface area contributed by atoms with Gasteiger partial charge in [-0.2, -0.15) is 5.01 Å². The number of nitrogens with zero attached hydrogens (tertiary/aromatic N) is 2. The Balaban J connectivity index is 1.31. The molecule has 50 heavy (non-hydrogen) atoms. The van der Waals surface area contributed by atoms with Crippen LogP contribution < -0.4 is 10.3 Å². The predicted molar refractivity (Wildman–Crippen MR) is 186 cm³/mol. The van der Waals surface area contributed by atoms with Crippen molar-refractivity contribution in [3.63, 3.8) is 0 Å². The standard InChI is InChI=1S/C39H30Cl2FN3O5/c1-20-2-13-26(18-32(20)41)44-35(47)29-17-16-28-30(33(29)37(44)49)19-31-36(48)45(43-25-11-9-24(42)10-12-25)38(50)39(31,22-5-7-23(40)8-6-22)34(28)21-3-14-27(46)15-4-21/h2-16,18,29-31,33-34,43,46H,17,19H2,1H3/t29-,30+,31-,33-,34-,39+/m0/s1. The van der Waals surface area contributed by atoms with Gasteiger partial charge in [0.1, 0.15) is 11.6 Å². The molecule has 4 aliphatic rings. The quantitative estimate of drug-likeness (QED) is 0.166. The van der Waals surface area contributed by atoms with Crippen LogP contribution in [0.1, 0.15) is 35.4 Å². The number of benzene rings is 4. The number of phenolic OH excluding ortho intramolecular Hbond substituents is 1. The number of carbonyl (C=O) groups excluding carboxylic acids is 4. The highest BCUT2D eigenvalue weighted by molar-refractivity contribution is 6.32. The van der Waals surface area contributed by atoms with Crippen molar-refractivity contribution < 1.29 is 28.7 Å². The third-order valence-corrected chi connectivity index (χ3v) is 11.6. The number of amides is 4. The highest BCUT2D eigenvalue weighted by Gasteiger charge is 2.70. The molecule has 1 saturated carbocycles. The van der Waals surface area contributed by atoms with Crippen LogP contribution in [0.25, 0.3) is 0 Å². The number of fused-ring (bicyclic) bond motifs is 4. The van der Waals surface area contributed by atoms with Gasteiger partial charge in [0.15, 0.2) is 0 Å². The van der Waals surface area contributed by atoms with E-state index in [1.165, 1.54) is 41.3 Å². The van der Waals surface area contributed by atoms with Gasteiger partial charge >= 0.3 is 0 Å². The average molecular weight is 711 g/mol. The normalized spacial score (nSPS) is 27.2. The number of hydrogen-bond acceptors (Lipinski definition) is 6. The number of halogens is 3. The summed E-state index contributed by atoms with van der Waals surface area (Å²) in [5.74, 6) is -5.97. The van der Waals surface area contributed by atoms with Crippen LogP contribution in [0.5, 0.6) is 5.75 Å². The van der Waals surface area contributed by atoms with E-state index in [0.717, 1.165) is 16.1 Å². The highest BCUT2D eigenvalue weighted by Crippen LogP contribution is 2.64. The van der Waals surface area contributed by atoms with E-state index in [-0.39, 0.29) is 30.4 Å². The van der Waals surface area contributed by atoms with Gasteiger partial charge in [0.05, 0.1) is 34.5 Å². The molecule has 0 spiro atoms. The highest BCUT2D eigenvalue weighted by atomic mass is 35.5. The molecule has 252 valence electrons. The van der Waals surface area contributed by atoms with E-state index in [9.17, 15) is 23.9 Å². The van der Waals surface area contributed by atoms with Gasteiger partial charge in [-0.15, -0.1) is 0 Å². The minimum atomic E-state index is -1.50. The van der Waals surface area contributed by atoms with Crippen molar-refractivity contribution in [1.82, 2.24) is 5.01 Å². The lowest BCUT2D eigenvalue weighted by Crippen LogP contribution is -2.53. The van der Waals surface area contributed by atoms with Gasteiger partial charge in [0.2, 0.25) is 11.8 Å². The Hall–Kier alpha value is -4.99. The summed E-state index contributed by atoms with van der Waals surface area (Å²) < 4.78 is 13.8. The Kier molecular flexibility index (Phi) is 7.62. The van der Waals surface area contributed by atoms with Gasteiger partial charge in [-0.05, 0) is 103 Å². The van der Waals surface area contributed by atoms with Crippen LogP contribution in [-0.2, 0) is 24.6 Å². The number of hydrazine groups is 1. The number of nitrogens with one attached hydrogen (secondary N) is 1. The van der Waals surface area contributed by atoms with Crippen molar-refractivity contribution in [1.29, 1.82) is 0 Å². The number of anilines is 2. The molecule has 0 aromatic heterocycles. The molecule has 2 saturated heterocycles. The van der Waals surface area contributed by atoms with Gasteiger partial charge in [0, 0.05) is 16.0 Å². The molecular weight excluding hydrogens is 680 g/mol. The van der Waals surface area contributed by atoms with Gasteiger partial charge < -0.3 is 5.11 Å². The molecule has 2 aliphatic heterocycles. The first-order chi connectivity index (χ1) is 24.0. The first-order valence-electron chi connectivity index (χ1n) is 16.3. The van der Waals surface area contributed by atoms with Gasteiger partial charge in [-0.25, -0.2) is 9.29 Å². The maximum atomic E-state index is 15.1. The lowest BCUT2D eigenvalue weighted by atomic mass is 9.49. The fourth-order valence-corrected chi connectivity index (χ4v) is 8.97. The zero-order chi connectivity index (χ0) is 35.1. The SMILES string of the molecule is Cc1ccc(N2C(=O)[C@H]3[C@H](CC=C4[C@H]3C[C@H]3C(=O)N(Nc5ccc(F)cc5)C(=O)[C@@]3(c3ccc(Cl)cc3)[C@H]4c3ccc(O)cc3)C2=O)cc1Cl. The van der Waals surface area contributed by atoms with Crippen molar-refractivity contribution in [2.24, 2.45) is 23.7 Å². The zero-order valence-electron chi connectivity index (χ0n) is 26.6. The summed E-state index contributed by atoms with van der Waals surface area (Å²) in [5, 5.41) is 12.1. The van der Waals surface area contributed by atoms with Crippen LogP contribution in [0.2, 0.25) is 10.0 Å². The molecule has 2 aliphatic carbocycles. The molecule has 0 bridgehead atoms. The maximum Gasteiger partial charge on any atom is 0.260 e. The first-order valence-corrected chi connectivity index (χ1v) is 17.1. The third-order valence-electron chi connectivity index (χ3n) is 10.9. The van der Waals surface area contributed by atoms with E-state index in [1.54, 1.807) is 54.6 Å². The van der Waals surface area contributed by atoms with Crippen LogP contribution in [0, 0.1) is 36.4 Å². The molecule has 3 fully saturated rings. The number of imide groups is 2. The molecule has 0 radical (unpaired) electrons. The molecule has 11 heteroatoms. The average Bonchev–Trinajstić information content (AvgIpc) is 3.48. The molecule has 2 N–H and O–H groups in total. The number of phenols is 1. The number of aryl methyl sites for hydroxylation is 1. The number of carbonyl (C=O) groups is 4. The second-order valence-electron chi connectivity index (χ2n) is 13.4. The fourth-order valence-electron chi connectivity index (χ4n) is 8.67. The van der Waals surface area contributed by atoms with Crippen molar-refractivity contribution in [3.8, 4) is 5.75 Å². The minimum Gasteiger partial charge on any atom is -0.508 e. The largest absolute Gasteiger partial charge is 0.508 e. The van der Waals surface area contributed by atoms with Gasteiger partial charge in [0.25, 0.3) is 11.8 Å². The molecule has 0 unspecified atom stereocenters. The van der Waals surface area contributed by atoms with Crippen LogP contribution in [0.4, 0.5) is 15.8 Å². The molecular formula is C39H30Cl2FN3O5. The Morgan fingerprint density at radius 1 is 0.840 bits per heavy atom. The summed E-state index contributed by atoms with van der Waals surface area (Å²) in [7, 11) is 0. The summed E-state index contributed by atoms with van der Waals surface area (Å²) in [6.07, 6.45) is 2.33. The van der Waals surface area contributed by atoms with Gasteiger partial charge in [-0.1, -0.05) is 65.2 Å². The van der Waals surface area contributed by atoms with Crippen LogP contribution in [-0.4, -0.2) is 33.7 Å². The number of allylic oxidation sites excluding steroid dienone is 2. The van der Waals surface area contributed by atoms with Gasteiger partial charge in [-0.3, -0.25) is 24.6 Å². The second kappa shape index (κ2) is 11.8. The van der Waals surface area contributed by atoms with E-state index >= 15 is 4.79 Å². The van der Waals surface area contributed by atoms with E-state index in [4.69, 9.17) is 23.2 Å². The third kappa shape index (κ3) is 4.71. The molecule has 4 amide bonds. The Morgan fingerprint density at radius 3 is 2.22 bits per heavy atom. The lowest BCUT2D eigenvalue weighted by Gasteiger charge is -2.50. The summed E-state index contributed by atoms with van der Waals surface area (Å²) in [4.78, 5) is 59.4. The predicted octanol–water partition coefficient (Wildman–Crippen LogP) is 7.34. The Labute approximate surface area is 297 Å². The Bertz CT molecular complexity index is 2120. The van der Waals surface area contributed by atoms with Crippen LogP contribution >= 0.6 is 23.2 Å². The molecule has 8 nitrogen and oxygen atoms in total. The summed E-state index contributed by atoms with van der Waals surface area (Å²) >= 11 is 12.8. The summed E-state index contributed by atoms with van der Waals surface area (Å²) in [5.41, 5.74) is 4.94. The molecule has 4 aromatic carbocycles. The number of aromatic hydroxyl groups is 1. The van der Waals surface area contributed by atoms with E-state index < -0.39 is 52.6 Å². The van der Waals surface area contributed by atoms with Crippen LogP contribution in [0.15, 0.2) is 103 Å². The first kappa shape index (κ1) is 32.2. The minimum absolute atomic E-state index is 0.0216. The molecule has 8 rings (SSSR count). The van der Waals surface area contributed by atoms with Crippen molar-refractivity contribution >= 4 is 58.2 Å². The Morgan fingerprint density at radius 2 is 1.54 bits per heavy atom. The smallest absolute Gasteiger partial charge is 0.260 e. The monoisotopic (exact) mass is 709 g/mol. The number of rotatable bonds is 5. The second-order valence-corrected chi connectivity index (χ2v) is 14.3. The van der Waals surface area contributed by atoms with Crippen molar-refractivity contribution in [2.45, 2.75) is 31.1 Å². The molecule has 2 heterocycles. The van der Waals surface area contributed by atoms with Crippen molar-refractivity contribution in [2.75, 3.05) is 10.3 Å². The fraction of sp³-hybridized carbons (Fsp3) is 0.231.